The van der Waals surface area contributed by atoms with Crippen LogP contribution in [0.5, 0.6) is 11.5 Å². The van der Waals surface area contributed by atoms with Gasteiger partial charge in [-0.15, -0.1) is 0 Å². The molecule has 10 heteroatoms. The number of aryl methyl sites for hydroxylation is 2. The van der Waals surface area contributed by atoms with Crippen LogP contribution in [-0.4, -0.2) is 28.2 Å². The van der Waals surface area contributed by atoms with Crippen LogP contribution in [0.1, 0.15) is 18.4 Å². The molecule has 0 bridgehead atoms. The molecule has 0 N–H and O–H groups in total. The van der Waals surface area contributed by atoms with Gasteiger partial charge in [-0.25, -0.2) is 4.98 Å². The van der Waals surface area contributed by atoms with Gasteiger partial charge in [0.2, 0.25) is 0 Å². The molecule has 3 rings (SSSR count). The number of hydrogen-bond donors (Lipinski definition) is 0. The van der Waals surface area contributed by atoms with Crippen LogP contribution in [-0.2, 0) is 13.5 Å². The number of nitrogens with zero attached hydrogens (tertiary/aromatic N) is 3. The molecule has 32 heavy (non-hydrogen) atoms. The first-order valence-electron chi connectivity index (χ1n) is 9.76. The standard InChI is InChI=1S/C22H21Cl2N3O5/c1-26-13-18(17-10-16(27(29)30)12-25-22(17)24)20(11-21(26)28)32-8-4-3-5-14-9-15(23)6-7-19(14)31-2/h6-7,9-13H,3-5,8H2,1-2H3. The molecular weight excluding hydrogens is 457 g/mol. The Labute approximate surface area is 194 Å². The quantitative estimate of drug-likeness (QED) is 0.184. The van der Waals surface area contributed by atoms with Crippen LogP contribution in [0, 0.1) is 10.1 Å². The second kappa shape index (κ2) is 10.5. The highest BCUT2D eigenvalue weighted by Crippen LogP contribution is 2.35. The summed E-state index contributed by atoms with van der Waals surface area (Å²) in [6, 6.07) is 8.13. The Kier molecular flexibility index (Phi) is 7.71. The van der Waals surface area contributed by atoms with Crippen molar-refractivity contribution in [2.24, 2.45) is 7.05 Å². The van der Waals surface area contributed by atoms with E-state index in [1.807, 2.05) is 12.1 Å². The predicted octanol–water partition coefficient (Wildman–Crippen LogP) is 5.07. The van der Waals surface area contributed by atoms with Gasteiger partial charge in [-0.1, -0.05) is 23.2 Å². The van der Waals surface area contributed by atoms with E-state index in [1.54, 1.807) is 20.2 Å². The van der Waals surface area contributed by atoms with Crippen LogP contribution >= 0.6 is 23.2 Å². The maximum atomic E-state index is 12.2. The number of aromatic nitrogens is 2. The van der Waals surface area contributed by atoms with Crippen molar-refractivity contribution in [3.63, 3.8) is 0 Å². The number of methoxy groups -OCH3 is 1. The maximum absolute atomic E-state index is 12.2. The fraction of sp³-hybridized carbons (Fsp3) is 0.273. The van der Waals surface area contributed by atoms with Crippen molar-refractivity contribution in [3.05, 3.63) is 78.9 Å². The SMILES string of the molecule is COc1ccc(Cl)cc1CCCCOc1cc(=O)n(C)cc1-c1cc([N+](=O)[O-])cnc1Cl. The molecule has 0 spiro atoms. The lowest BCUT2D eigenvalue weighted by Crippen LogP contribution is -2.16. The molecule has 8 nitrogen and oxygen atoms in total. The van der Waals surface area contributed by atoms with Crippen molar-refractivity contribution < 1.29 is 14.4 Å². The Bertz CT molecular complexity index is 1200. The summed E-state index contributed by atoms with van der Waals surface area (Å²) in [6.45, 7) is 0.336. The van der Waals surface area contributed by atoms with Crippen molar-refractivity contribution in [1.29, 1.82) is 0 Å². The fourth-order valence-electron chi connectivity index (χ4n) is 3.20. The van der Waals surface area contributed by atoms with Gasteiger partial charge in [-0.05, 0) is 43.0 Å². The van der Waals surface area contributed by atoms with E-state index >= 15 is 0 Å². The minimum absolute atomic E-state index is 0.0761. The second-order valence-corrected chi connectivity index (χ2v) is 7.85. The molecule has 0 unspecified atom stereocenters. The fourth-order valence-corrected chi connectivity index (χ4v) is 3.60. The average Bonchev–Trinajstić information content (AvgIpc) is 2.76. The highest BCUT2D eigenvalue weighted by molar-refractivity contribution is 6.32. The van der Waals surface area contributed by atoms with Gasteiger partial charge in [0.15, 0.2) is 0 Å². The normalized spacial score (nSPS) is 10.8. The highest BCUT2D eigenvalue weighted by Gasteiger charge is 2.17. The number of halogens is 2. The minimum Gasteiger partial charge on any atom is -0.496 e. The third-order valence-corrected chi connectivity index (χ3v) is 5.39. The summed E-state index contributed by atoms with van der Waals surface area (Å²) in [4.78, 5) is 26.6. The third-order valence-electron chi connectivity index (χ3n) is 4.86. The molecule has 0 fully saturated rings. The van der Waals surface area contributed by atoms with Gasteiger partial charge in [0, 0.05) is 41.5 Å². The molecule has 0 aliphatic rings. The maximum Gasteiger partial charge on any atom is 0.288 e. The Balaban J connectivity index is 1.75. The predicted molar refractivity (Wildman–Crippen MR) is 123 cm³/mol. The molecule has 0 saturated heterocycles. The third kappa shape index (κ3) is 5.57. The largest absolute Gasteiger partial charge is 0.496 e. The van der Waals surface area contributed by atoms with E-state index in [1.165, 1.54) is 22.9 Å². The van der Waals surface area contributed by atoms with Crippen molar-refractivity contribution in [1.82, 2.24) is 9.55 Å². The Morgan fingerprint density at radius 3 is 2.62 bits per heavy atom. The van der Waals surface area contributed by atoms with E-state index in [0.29, 0.717) is 29.2 Å². The van der Waals surface area contributed by atoms with Crippen molar-refractivity contribution in [3.8, 4) is 22.6 Å². The molecule has 0 atom stereocenters. The van der Waals surface area contributed by atoms with Crippen LogP contribution in [0.3, 0.4) is 0 Å². The number of nitro groups is 1. The molecule has 0 amide bonds. The lowest BCUT2D eigenvalue weighted by molar-refractivity contribution is -0.385. The van der Waals surface area contributed by atoms with E-state index in [9.17, 15) is 14.9 Å². The smallest absolute Gasteiger partial charge is 0.288 e. The zero-order chi connectivity index (χ0) is 23.3. The molecule has 0 aliphatic carbocycles. The molecule has 2 heterocycles. The van der Waals surface area contributed by atoms with Crippen LogP contribution in [0.25, 0.3) is 11.1 Å². The molecule has 168 valence electrons. The number of benzene rings is 1. The van der Waals surface area contributed by atoms with E-state index < -0.39 is 4.92 Å². The summed E-state index contributed by atoms with van der Waals surface area (Å²) in [7, 11) is 3.19. The summed E-state index contributed by atoms with van der Waals surface area (Å²) in [6.07, 6.45) is 4.86. The van der Waals surface area contributed by atoms with Gasteiger partial charge in [0.1, 0.15) is 22.8 Å². The zero-order valence-corrected chi connectivity index (χ0v) is 19.0. The van der Waals surface area contributed by atoms with Crippen LogP contribution < -0.4 is 15.0 Å². The second-order valence-electron chi connectivity index (χ2n) is 7.05. The van der Waals surface area contributed by atoms with Crippen molar-refractivity contribution >= 4 is 28.9 Å². The Morgan fingerprint density at radius 1 is 1.12 bits per heavy atom. The van der Waals surface area contributed by atoms with Crippen molar-refractivity contribution in [2.75, 3.05) is 13.7 Å². The van der Waals surface area contributed by atoms with Gasteiger partial charge >= 0.3 is 0 Å². The topological polar surface area (TPSA) is 96.5 Å². The van der Waals surface area contributed by atoms with E-state index in [2.05, 4.69) is 4.98 Å². The van der Waals surface area contributed by atoms with Crippen molar-refractivity contribution in [2.45, 2.75) is 19.3 Å². The number of unbranched alkanes of at least 4 members (excludes halogenated alkanes) is 1. The Hall–Kier alpha value is -3.10. The molecule has 3 aromatic rings. The average molecular weight is 478 g/mol. The molecular formula is C22H21Cl2N3O5. The molecule has 1 aromatic carbocycles. The first-order chi connectivity index (χ1) is 15.3. The van der Waals surface area contributed by atoms with Gasteiger partial charge in [0.05, 0.1) is 18.6 Å². The van der Waals surface area contributed by atoms with Crippen LogP contribution in [0.2, 0.25) is 10.2 Å². The lowest BCUT2D eigenvalue weighted by atomic mass is 10.1. The number of rotatable bonds is 9. The highest BCUT2D eigenvalue weighted by atomic mass is 35.5. The summed E-state index contributed by atoms with van der Waals surface area (Å²) in [5, 5.41) is 11.9. The minimum atomic E-state index is -0.556. The first-order valence-corrected chi connectivity index (χ1v) is 10.5. The monoisotopic (exact) mass is 477 g/mol. The van der Waals surface area contributed by atoms with Gasteiger partial charge in [-0.2, -0.15) is 0 Å². The van der Waals surface area contributed by atoms with Gasteiger partial charge in [0.25, 0.3) is 11.2 Å². The molecule has 2 aromatic heterocycles. The lowest BCUT2D eigenvalue weighted by Gasteiger charge is -2.14. The molecule has 0 radical (unpaired) electrons. The van der Waals surface area contributed by atoms with Crippen LogP contribution in [0.15, 0.2) is 47.5 Å². The molecule has 0 saturated carbocycles. The zero-order valence-electron chi connectivity index (χ0n) is 17.5. The summed E-state index contributed by atoms with van der Waals surface area (Å²) in [5.41, 5.74) is 1.28. The van der Waals surface area contributed by atoms with Crippen LogP contribution in [0.4, 0.5) is 5.69 Å². The summed E-state index contributed by atoms with van der Waals surface area (Å²) < 4.78 is 12.6. The van der Waals surface area contributed by atoms with E-state index in [0.717, 1.165) is 30.4 Å². The number of hydrogen-bond acceptors (Lipinski definition) is 6. The Morgan fingerprint density at radius 2 is 1.91 bits per heavy atom. The first kappa shape index (κ1) is 23.6. The van der Waals surface area contributed by atoms with Gasteiger partial charge in [-0.3, -0.25) is 14.9 Å². The summed E-state index contributed by atoms with van der Waals surface area (Å²) >= 11 is 12.3. The number of ether oxygens (including phenoxy) is 2. The van der Waals surface area contributed by atoms with E-state index in [-0.39, 0.29) is 22.1 Å². The van der Waals surface area contributed by atoms with Gasteiger partial charge < -0.3 is 14.0 Å². The molecule has 0 aliphatic heterocycles. The van der Waals surface area contributed by atoms with E-state index in [4.69, 9.17) is 32.7 Å². The summed E-state index contributed by atoms with van der Waals surface area (Å²) in [5.74, 6) is 1.06. The number of pyridine rings is 2.